The number of ether oxygens (including phenoxy) is 6. The average Bonchev–Trinajstić information content (AvgIpc) is 3.08. The third kappa shape index (κ3) is 20.7. The van der Waals surface area contributed by atoms with Gasteiger partial charge in [0.05, 0.1) is 28.9 Å². The lowest BCUT2D eigenvalue weighted by Gasteiger charge is -2.22. The second kappa shape index (κ2) is 28.9. The topological polar surface area (TPSA) is 158 Å². The second-order valence-electron chi connectivity index (χ2n) is 11.0. The van der Waals surface area contributed by atoms with E-state index < -0.39 is 36.1 Å². The van der Waals surface area contributed by atoms with E-state index >= 15 is 0 Å². The number of rotatable bonds is 14. The maximum absolute atomic E-state index is 13.6. The molecule has 0 aromatic heterocycles. The van der Waals surface area contributed by atoms with Gasteiger partial charge in [-0.3, -0.25) is 9.59 Å². The maximum atomic E-state index is 13.6. The first-order valence-corrected chi connectivity index (χ1v) is 21.5. The first kappa shape index (κ1) is 47.5. The number of thioether (sulfide) groups is 4. The van der Waals surface area contributed by atoms with Crippen molar-refractivity contribution in [2.24, 2.45) is 0 Å². The Hall–Kier alpha value is -2.49. The van der Waals surface area contributed by atoms with Gasteiger partial charge in [-0.2, -0.15) is 47.0 Å². The normalized spacial score (nSPS) is 15.1. The van der Waals surface area contributed by atoms with Gasteiger partial charge in [0.1, 0.15) is 38.3 Å². The highest BCUT2D eigenvalue weighted by molar-refractivity contribution is 8.01. The van der Waals surface area contributed by atoms with Gasteiger partial charge in [0, 0.05) is 30.1 Å². The molecule has 17 heteroatoms. The molecule has 0 spiro atoms. The summed E-state index contributed by atoms with van der Waals surface area (Å²) in [6, 6.07) is 2.23. The van der Waals surface area contributed by atoms with Gasteiger partial charge in [-0.05, 0) is 67.4 Å². The Kier molecular flexibility index (Phi) is 26.5. The Morgan fingerprint density at radius 1 is 0.692 bits per heavy atom. The molecule has 1 aromatic rings. The van der Waals surface area contributed by atoms with Gasteiger partial charge in [-0.25, -0.2) is 19.2 Å². The fourth-order valence-electron chi connectivity index (χ4n) is 3.93. The number of benzene rings is 1. The van der Waals surface area contributed by atoms with Crippen LogP contribution in [-0.2, 0) is 38.0 Å². The van der Waals surface area contributed by atoms with Crippen molar-refractivity contribution in [3.8, 4) is 0 Å². The average molecular weight is 821 g/mol. The molecule has 3 rings (SSSR count). The van der Waals surface area contributed by atoms with Crippen LogP contribution in [0.4, 0.5) is 0 Å². The van der Waals surface area contributed by atoms with Crippen molar-refractivity contribution < 1.29 is 57.2 Å². The summed E-state index contributed by atoms with van der Waals surface area (Å²) in [5, 5.41) is 1.08. The van der Waals surface area contributed by atoms with E-state index in [0.29, 0.717) is 28.6 Å². The predicted molar refractivity (Wildman–Crippen MR) is 213 cm³/mol. The fourth-order valence-corrected chi connectivity index (χ4v) is 8.45. The van der Waals surface area contributed by atoms with Crippen LogP contribution in [0.1, 0.15) is 68.1 Å². The second-order valence-corrected chi connectivity index (χ2v) is 16.6. The van der Waals surface area contributed by atoms with Gasteiger partial charge in [0.15, 0.2) is 0 Å². The van der Waals surface area contributed by atoms with Crippen LogP contribution >= 0.6 is 56.3 Å². The molecule has 0 N–H and O–H groups in total. The molecule has 2 aliphatic rings. The van der Waals surface area contributed by atoms with E-state index in [9.17, 15) is 28.8 Å². The zero-order chi connectivity index (χ0) is 38.7. The fraction of sp³-hybridized carbons (Fsp3) is 0.543. The highest BCUT2D eigenvalue weighted by Gasteiger charge is 2.31. The molecule has 2 heterocycles. The minimum Gasteiger partial charge on any atom is -0.464 e. The number of carbonyl (C=O) groups excluding carboxylic acids is 6. The van der Waals surface area contributed by atoms with E-state index in [2.05, 4.69) is 27.1 Å². The summed E-state index contributed by atoms with van der Waals surface area (Å²) in [7, 11) is 3.90. The number of methoxy groups -OCH3 is 1. The van der Waals surface area contributed by atoms with Gasteiger partial charge in [0.25, 0.3) is 6.47 Å². The molecule has 1 unspecified atom stereocenters. The summed E-state index contributed by atoms with van der Waals surface area (Å²) in [6.07, 6.45) is 2.02. The van der Waals surface area contributed by atoms with Crippen LogP contribution in [-0.4, -0.2) is 128 Å². The third-order valence-corrected chi connectivity index (χ3v) is 10.9. The van der Waals surface area contributed by atoms with Crippen LogP contribution in [0.5, 0.6) is 0 Å². The van der Waals surface area contributed by atoms with Crippen LogP contribution in [0.15, 0.2) is 36.2 Å². The Balaban J connectivity index is 0.00000134. The van der Waals surface area contributed by atoms with E-state index in [1.165, 1.54) is 7.11 Å². The van der Waals surface area contributed by atoms with Crippen molar-refractivity contribution in [1.82, 2.24) is 0 Å². The highest BCUT2D eigenvalue weighted by Crippen LogP contribution is 2.26. The molecule has 0 bridgehead atoms. The standard InChI is InChI=1S/C28H36O11S4.C4H6O.C3H7P/c1-34-4-6-36-25(30)21-12-23(27(32)38-19-14-40-8-2-9-41-15-19)24(13-22(21)26(31)37-7-5-35-18-29)28(33)39-20-16-42-10-3-11-43-17-20;1-4(2)3-5;1-3(2)4/h12-13,18-20H,2-11,14-17H2,1H3;3H,1H2,2H3;1,4H2,2H3. The van der Waals surface area contributed by atoms with E-state index in [4.69, 9.17) is 23.7 Å². The molecule has 290 valence electrons. The summed E-state index contributed by atoms with van der Waals surface area (Å²) in [6.45, 7) is 10.1. The molecule has 1 atom stereocenters. The van der Waals surface area contributed by atoms with Crippen molar-refractivity contribution in [3.05, 3.63) is 58.4 Å². The number of esters is 4. The zero-order valence-electron chi connectivity index (χ0n) is 29.9. The molecular formula is C35H49O12PS4. The van der Waals surface area contributed by atoms with E-state index in [0.717, 1.165) is 59.6 Å². The Bertz CT molecular complexity index is 1320. The molecule has 2 saturated heterocycles. The molecule has 52 heavy (non-hydrogen) atoms. The molecule has 1 aromatic carbocycles. The van der Waals surface area contributed by atoms with Crippen molar-refractivity contribution in [2.45, 2.75) is 38.9 Å². The minimum absolute atomic E-state index is 0.0995. The summed E-state index contributed by atoms with van der Waals surface area (Å²) >= 11 is 6.72. The van der Waals surface area contributed by atoms with Gasteiger partial charge in [-0.1, -0.05) is 18.5 Å². The molecule has 0 radical (unpaired) electrons. The lowest BCUT2D eigenvalue weighted by atomic mass is 9.97. The third-order valence-electron chi connectivity index (χ3n) is 6.18. The molecule has 2 fully saturated rings. The molecule has 0 amide bonds. The number of aldehydes is 1. The smallest absolute Gasteiger partial charge is 0.339 e. The quantitative estimate of drug-likeness (QED) is 0.0556. The van der Waals surface area contributed by atoms with Crippen LogP contribution < -0.4 is 0 Å². The summed E-state index contributed by atoms with van der Waals surface area (Å²) in [5.41, 5.74) is -0.467. The van der Waals surface area contributed by atoms with E-state index in [-0.39, 0.29) is 55.2 Å². The molecule has 0 saturated carbocycles. The lowest BCUT2D eigenvalue weighted by Crippen LogP contribution is -2.29. The van der Waals surface area contributed by atoms with E-state index in [1.54, 1.807) is 54.0 Å². The van der Waals surface area contributed by atoms with Gasteiger partial charge < -0.3 is 28.4 Å². The number of hydrogen-bond acceptors (Lipinski definition) is 16. The molecule has 2 aliphatic heterocycles. The highest BCUT2D eigenvalue weighted by atomic mass is 32.2. The van der Waals surface area contributed by atoms with Crippen LogP contribution in [0, 0.1) is 0 Å². The number of allylic oxidation sites excluding steroid dienone is 2. The lowest BCUT2D eigenvalue weighted by molar-refractivity contribution is -0.129. The summed E-state index contributed by atoms with van der Waals surface area (Å²) in [4.78, 5) is 73.3. The van der Waals surface area contributed by atoms with Crippen molar-refractivity contribution in [1.29, 1.82) is 0 Å². The van der Waals surface area contributed by atoms with Gasteiger partial charge in [-0.15, -0.1) is 9.24 Å². The summed E-state index contributed by atoms with van der Waals surface area (Å²) < 4.78 is 31.5. The first-order valence-electron chi connectivity index (χ1n) is 16.3. The summed E-state index contributed by atoms with van der Waals surface area (Å²) in [5.74, 6) is 2.60. The van der Waals surface area contributed by atoms with Crippen LogP contribution in [0.2, 0.25) is 0 Å². The van der Waals surface area contributed by atoms with Crippen molar-refractivity contribution >= 4 is 92.9 Å². The van der Waals surface area contributed by atoms with E-state index in [1.807, 2.05) is 6.92 Å². The Labute approximate surface area is 325 Å². The largest absolute Gasteiger partial charge is 0.464 e. The zero-order valence-corrected chi connectivity index (χ0v) is 34.3. The van der Waals surface area contributed by atoms with Crippen LogP contribution in [0.3, 0.4) is 0 Å². The Morgan fingerprint density at radius 2 is 1.04 bits per heavy atom. The van der Waals surface area contributed by atoms with Crippen molar-refractivity contribution in [3.63, 3.8) is 0 Å². The molecular weight excluding hydrogens is 772 g/mol. The van der Waals surface area contributed by atoms with Crippen LogP contribution in [0.25, 0.3) is 0 Å². The number of carbonyl (C=O) groups is 6. The predicted octanol–water partition coefficient (Wildman–Crippen LogP) is 5.77. The van der Waals surface area contributed by atoms with Crippen molar-refractivity contribution in [2.75, 3.05) is 79.6 Å². The Morgan fingerprint density at radius 3 is 1.37 bits per heavy atom. The number of hydrogen-bond donors (Lipinski definition) is 0. The first-order chi connectivity index (χ1) is 24.9. The maximum Gasteiger partial charge on any atom is 0.339 e. The SMILES string of the molecule is C=C(C)C=O.C=C(C)P.COCCOC(=O)c1cc(C(=O)OC2CSCCCSC2)c(C(=O)OC2CSCCCSC2)cc1C(=O)OCCOC=O. The molecule has 0 aliphatic carbocycles. The monoisotopic (exact) mass is 820 g/mol. The molecule has 12 nitrogen and oxygen atoms in total. The van der Waals surface area contributed by atoms with Gasteiger partial charge >= 0.3 is 23.9 Å². The van der Waals surface area contributed by atoms with Gasteiger partial charge in [0.2, 0.25) is 0 Å². The minimum atomic E-state index is -0.980.